The van der Waals surface area contributed by atoms with Crippen molar-refractivity contribution in [3.8, 4) is 22.3 Å². The number of H-pyrrole nitrogens is 1. The highest BCUT2D eigenvalue weighted by Gasteiger charge is 2.19. The minimum absolute atomic E-state index is 0.286. The molecule has 0 fully saturated rings. The molecule has 0 atom stereocenters. The van der Waals surface area contributed by atoms with Gasteiger partial charge in [-0.2, -0.15) is 5.10 Å². The summed E-state index contributed by atoms with van der Waals surface area (Å²) in [5.41, 5.74) is 4.48. The van der Waals surface area contributed by atoms with Gasteiger partial charge in [0.1, 0.15) is 17.2 Å². The van der Waals surface area contributed by atoms with E-state index in [0.717, 1.165) is 16.3 Å². The average Bonchev–Trinajstić information content (AvgIpc) is 3.25. The van der Waals surface area contributed by atoms with Crippen LogP contribution in [-0.2, 0) is 0 Å². The first-order chi connectivity index (χ1) is 14.9. The Bertz CT molecular complexity index is 1510. The van der Waals surface area contributed by atoms with Gasteiger partial charge in [0, 0.05) is 33.2 Å². The normalized spacial score (nSPS) is 11.5. The van der Waals surface area contributed by atoms with Crippen LogP contribution in [0.25, 0.3) is 44.2 Å². The van der Waals surface area contributed by atoms with Gasteiger partial charge in [-0.1, -0.05) is 23.2 Å². The molecular formula is C23H14Cl2F2N4. The maximum absolute atomic E-state index is 14.1. The first-order valence-electron chi connectivity index (χ1n) is 9.40. The molecule has 0 saturated carbocycles. The second-order valence-electron chi connectivity index (χ2n) is 7.32. The Morgan fingerprint density at radius 2 is 1.42 bits per heavy atom. The summed E-state index contributed by atoms with van der Waals surface area (Å²) in [7, 11) is 0. The van der Waals surface area contributed by atoms with Crippen LogP contribution < -0.4 is 0 Å². The van der Waals surface area contributed by atoms with E-state index in [2.05, 4.69) is 20.4 Å². The standard InChI is InChI=1S/C23H14Cl2F2N4/c1-10-18(26)5-3-13(20(10)24)12-7-15(14-4-6-19(27)11(2)21(14)25)22-16(8-12)17-9-28-30-23(17)31-29-22/h3-9H,1-2H3,(H,28,30,31). The van der Waals surface area contributed by atoms with Gasteiger partial charge in [-0.25, -0.2) is 8.78 Å². The maximum atomic E-state index is 14.1. The highest BCUT2D eigenvalue weighted by atomic mass is 35.5. The van der Waals surface area contributed by atoms with Crippen LogP contribution in [0.5, 0.6) is 0 Å². The third-order valence-corrected chi connectivity index (χ3v) is 6.49. The lowest BCUT2D eigenvalue weighted by molar-refractivity contribution is 0.618. The van der Waals surface area contributed by atoms with Crippen molar-refractivity contribution in [2.75, 3.05) is 0 Å². The molecule has 0 aliphatic carbocycles. The topological polar surface area (TPSA) is 54.5 Å². The number of hydrogen-bond acceptors (Lipinski definition) is 3. The molecule has 31 heavy (non-hydrogen) atoms. The number of hydrogen-bond donors (Lipinski definition) is 1. The van der Waals surface area contributed by atoms with Gasteiger partial charge in [0.15, 0.2) is 5.65 Å². The zero-order valence-corrected chi connectivity index (χ0v) is 17.9. The van der Waals surface area contributed by atoms with Crippen LogP contribution in [0.4, 0.5) is 8.78 Å². The zero-order valence-electron chi connectivity index (χ0n) is 16.4. The number of aromatic nitrogens is 4. The maximum Gasteiger partial charge on any atom is 0.178 e. The SMILES string of the molecule is Cc1c(F)ccc(-c2cc(-c3ccc(F)c(C)c3Cl)c3nnc4[nH]ncc4c3c2)c1Cl. The third kappa shape index (κ3) is 3.06. The molecule has 8 heteroatoms. The summed E-state index contributed by atoms with van der Waals surface area (Å²) in [6, 6.07) is 9.77. The van der Waals surface area contributed by atoms with E-state index in [9.17, 15) is 8.78 Å². The summed E-state index contributed by atoms with van der Waals surface area (Å²) in [5.74, 6) is -0.773. The Labute approximate surface area is 185 Å². The molecule has 1 N–H and O–H groups in total. The lowest BCUT2D eigenvalue weighted by Gasteiger charge is -2.14. The van der Waals surface area contributed by atoms with Crippen LogP contribution in [0.1, 0.15) is 11.1 Å². The molecule has 3 aromatic carbocycles. The molecule has 0 aliphatic heterocycles. The molecule has 0 aliphatic rings. The van der Waals surface area contributed by atoms with E-state index in [1.54, 1.807) is 32.2 Å². The Morgan fingerprint density at radius 1 is 0.774 bits per heavy atom. The van der Waals surface area contributed by atoms with E-state index in [1.165, 1.54) is 12.1 Å². The Hall–Kier alpha value is -3.09. The number of rotatable bonds is 2. The summed E-state index contributed by atoms with van der Waals surface area (Å²) in [6.45, 7) is 3.25. The number of aromatic amines is 1. The van der Waals surface area contributed by atoms with E-state index < -0.39 is 5.82 Å². The van der Waals surface area contributed by atoms with Gasteiger partial charge >= 0.3 is 0 Å². The quantitative estimate of drug-likeness (QED) is 0.311. The van der Waals surface area contributed by atoms with Gasteiger partial charge in [-0.05, 0) is 55.8 Å². The molecule has 154 valence electrons. The molecule has 2 heterocycles. The van der Waals surface area contributed by atoms with Crippen molar-refractivity contribution >= 4 is 45.1 Å². The summed E-state index contributed by atoms with van der Waals surface area (Å²) in [5, 5.41) is 17.6. The molecule has 2 aromatic heterocycles. The molecule has 0 unspecified atom stereocenters. The van der Waals surface area contributed by atoms with Crippen molar-refractivity contribution in [1.29, 1.82) is 0 Å². The van der Waals surface area contributed by atoms with E-state index in [1.807, 2.05) is 12.1 Å². The van der Waals surface area contributed by atoms with Crippen LogP contribution in [0.15, 0.2) is 42.6 Å². The van der Waals surface area contributed by atoms with E-state index >= 15 is 0 Å². The van der Waals surface area contributed by atoms with Crippen LogP contribution in [0, 0.1) is 25.5 Å². The zero-order chi connectivity index (χ0) is 21.9. The monoisotopic (exact) mass is 454 g/mol. The van der Waals surface area contributed by atoms with Gasteiger partial charge in [-0.3, -0.25) is 5.10 Å². The van der Waals surface area contributed by atoms with Crippen molar-refractivity contribution < 1.29 is 8.78 Å². The smallest absolute Gasteiger partial charge is 0.178 e. The number of fused-ring (bicyclic) bond motifs is 3. The molecule has 5 aromatic rings. The molecule has 0 radical (unpaired) electrons. The molecule has 5 rings (SSSR count). The van der Waals surface area contributed by atoms with Gasteiger partial charge in [-0.15, -0.1) is 10.2 Å². The van der Waals surface area contributed by atoms with Gasteiger partial charge in [0.25, 0.3) is 0 Å². The van der Waals surface area contributed by atoms with Gasteiger partial charge in [0.05, 0.1) is 21.6 Å². The fraction of sp³-hybridized carbons (Fsp3) is 0.0870. The molecule has 4 nitrogen and oxygen atoms in total. The Balaban J connectivity index is 1.91. The predicted octanol–water partition coefficient (Wildman–Crippen LogP) is 7.04. The molecule has 0 saturated heterocycles. The van der Waals surface area contributed by atoms with Crippen LogP contribution >= 0.6 is 23.2 Å². The fourth-order valence-corrected chi connectivity index (χ4v) is 4.23. The minimum Gasteiger partial charge on any atom is -0.259 e. The molecule has 0 spiro atoms. The second-order valence-corrected chi connectivity index (χ2v) is 8.08. The molecule has 0 bridgehead atoms. The second kappa shape index (κ2) is 7.25. The average molecular weight is 455 g/mol. The highest BCUT2D eigenvalue weighted by Crippen LogP contribution is 2.41. The lowest BCUT2D eigenvalue weighted by atomic mass is 9.93. The molecule has 0 amide bonds. The fourth-order valence-electron chi connectivity index (χ4n) is 3.71. The Kier molecular flexibility index (Phi) is 4.64. The number of benzene rings is 3. The lowest BCUT2D eigenvalue weighted by Crippen LogP contribution is -1.95. The van der Waals surface area contributed by atoms with E-state index in [0.29, 0.717) is 44.0 Å². The van der Waals surface area contributed by atoms with Crippen LogP contribution in [0.3, 0.4) is 0 Å². The van der Waals surface area contributed by atoms with Gasteiger partial charge in [0.2, 0.25) is 0 Å². The molecular weight excluding hydrogens is 441 g/mol. The van der Waals surface area contributed by atoms with Crippen molar-refractivity contribution in [3.05, 3.63) is 75.4 Å². The predicted molar refractivity (Wildman–Crippen MR) is 119 cm³/mol. The highest BCUT2D eigenvalue weighted by molar-refractivity contribution is 6.35. The summed E-state index contributed by atoms with van der Waals surface area (Å²) < 4.78 is 28.1. The third-order valence-electron chi connectivity index (χ3n) is 5.51. The van der Waals surface area contributed by atoms with Crippen LogP contribution in [0.2, 0.25) is 10.0 Å². The first-order valence-corrected chi connectivity index (χ1v) is 10.2. The van der Waals surface area contributed by atoms with Crippen molar-refractivity contribution in [3.63, 3.8) is 0 Å². The Morgan fingerprint density at radius 3 is 2.13 bits per heavy atom. The number of halogens is 4. The van der Waals surface area contributed by atoms with Crippen molar-refractivity contribution in [2.45, 2.75) is 13.8 Å². The summed E-state index contributed by atoms with van der Waals surface area (Å²) in [6.07, 6.45) is 1.66. The summed E-state index contributed by atoms with van der Waals surface area (Å²) >= 11 is 13.0. The van der Waals surface area contributed by atoms with E-state index in [4.69, 9.17) is 23.2 Å². The first kappa shape index (κ1) is 19.8. The minimum atomic E-state index is -0.394. The summed E-state index contributed by atoms with van der Waals surface area (Å²) in [4.78, 5) is 0. The van der Waals surface area contributed by atoms with Gasteiger partial charge < -0.3 is 0 Å². The largest absolute Gasteiger partial charge is 0.259 e. The number of nitrogens with zero attached hydrogens (tertiary/aromatic N) is 3. The van der Waals surface area contributed by atoms with Crippen molar-refractivity contribution in [1.82, 2.24) is 20.4 Å². The van der Waals surface area contributed by atoms with Crippen molar-refractivity contribution in [2.24, 2.45) is 0 Å². The van der Waals surface area contributed by atoms with E-state index in [-0.39, 0.29) is 10.8 Å². The van der Waals surface area contributed by atoms with Crippen LogP contribution in [-0.4, -0.2) is 20.4 Å². The number of nitrogens with one attached hydrogen (secondary N) is 1.